The summed E-state index contributed by atoms with van der Waals surface area (Å²) in [4.78, 5) is 14.3. The highest BCUT2D eigenvalue weighted by atomic mass is 35.5. The fourth-order valence-electron chi connectivity index (χ4n) is 7.40. The van der Waals surface area contributed by atoms with E-state index in [1.807, 2.05) is 0 Å². The molecule has 5 saturated carbocycles. The van der Waals surface area contributed by atoms with Gasteiger partial charge in [0.25, 0.3) is 11.8 Å². The van der Waals surface area contributed by atoms with E-state index in [2.05, 4.69) is 15.8 Å². The highest BCUT2D eigenvalue weighted by molar-refractivity contribution is 8.00. The maximum absolute atomic E-state index is 13.4. The molecule has 184 valence electrons. The summed E-state index contributed by atoms with van der Waals surface area (Å²) in [5.41, 5.74) is 0. The van der Waals surface area contributed by atoms with Gasteiger partial charge in [0.15, 0.2) is 0 Å². The highest BCUT2D eigenvalue weighted by Crippen LogP contribution is 2.54. The quantitative estimate of drug-likeness (QED) is 0.550. The lowest BCUT2D eigenvalue weighted by Gasteiger charge is -2.54. The number of hydrogen-bond donors (Lipinski definition) is 2. The predicted octanol–water partition coefficient (Wildman–Crippen LogP) is 5.06. The lowest BCUT2D eigenvalue weighted by atomic mass is 9.54. The summed E-state index contributed by atoms with van der Waals surface area (Å²) in [6.07, 6.45) is 13.8. The molecule has 0 spiro atoms. The summed E-state index contributed by atoms with van der Waals surface area (Å²) < 4.78 is 11.8. The van der Waals surface area contributed by atoms with Crippen LogP contribution in [0.5, 0.6) is 5.88 Å². The number of carbonyl (C=O) groups excluding carboxylic acids is 1. The number of nitrogens with zero attached hydrogens (tertiary/aromatic N) is 1. The first-order chi connectivity index (χ1) is 15.7. The number of ether oxygens (including phenoxy) is 1. The van der Waals surface area contributed by atoms with Crippen molar-refractivity contribution < 1.29 is 14.1 Å². The fourth-order valence-corrected chi connectivity index (χ4v) is 8.74. The van der Waals surface area contributed by atoms with E-state index < -0.39 is 0 Å². The lowest BCUT2D eigenvalue weighted by molar-refractivity contribution is -0.0124. The van der Waals surface area contributed by atoms with Crippen LogP contribution in [0.15, 0.2) is 9.42 Å². The Morgan fingerprint density at radius 1 is 1.03 bits per heavy atom. The Hall–Kier alpha value is -0.920. The Labute approximate surface area is 207 Å². The van der Waals surface area contributed by atoms with Gasteiger partial charge in [-0.05, 0) is 106 Å². The zero-order valence-electron chi connectivity index (χ0n) is 19.4. The first kappa shape index (κ1) is 23.8. The van der Waals surface area contributed by atoms with Crippen molar-refractivity contribution in [3.05, 3.63) is 5.76 Å². The molecular weight excluding hydrogens is 458 g/mol. The molecule has 7 rings (SSSR count). The van der Waals surface area contributed by atoms with Gasteiger partial charge in [0.2, 0.25) is 5.76 Å². The molecule has 1 saturated heterocycles. The van der Waals surface area contributed by atoms with Gasteiger partial charge >= 0.3 is 0 Å². The molecule has 2 heterocycles. The van der Waals surface area contributed by atoms with Crippen molar-refractivity contribution in [1.29, 1.82) is 0 Å². The maximum Gasteiger partial charge on any atom is 0.291 e. The van der Waals surface area contributed by atoms with Crippen LogP contribution in [-0.2, 0) is 0 Å². The summed E-state index contributed by atoms with van der Waals surface area (Å²) in [6.45, 7) is 2.76. The van der Waals surface area contributed by atoms with Crippen molar-refractivity contribution in [2.24, 2.45) is 29.6 Å². The van der Waals surface area contributed by atoms with E-state index in [4.69, 9.17) is 9.26 Å². The molecule has 0 radical (unpaired) electrons. The van der Waals surface area contributed by atoms with Crippen molar-refractivity contribution >= 4 is 30.1 Å². The number of hydrogen-bond acceptors (Lipinski definition) is 6. The monoisotopic (exact) mass is 495 g/mol. The van der Waals surface area contributed by atoms with Gasteiger partial charge in [-0.1, -0.05) is 12.8 Å². The van der Waals surface area contributed by atoms with Crippen LogP contribution in [0.3, 0.4) is 0 Å². The number of halogens is 1. The molecule has 1 aromatic heterocycles. The van der Waals surface area contributed by atoms with E-state index in [1.165, 1.54) is 57.8 Å². The second-order valence-corrected chi connectivity index (χ2v) is 12.4. The van der Waals surface area contributed by atoms with E-state index in [1.54, 1.807) is 11.8 Å². The van der Waals surface area contributed by atoms with E-state index in [9.17, 15) is 4.79 Å². The fraction of sp³-hybridized carbons (Fsp3) is 0.840. The number of carbonyl (C=O) groups is 1. The minimum absolute atomic E-state index is 0. The van der Waals surface area contributed by atoms with Crippen LogP contribution >= 0.6 is 24.2 Å². The third-order valence-corrected chi connectivity index (χ3v) is 10.3. The number of aromatic nitrogens is 1. The number of rotatable bonds is 7. The van der Waals surface area contributed by atoms with Gasteiger partial charge in [-0.15, -0.1) is 24.2 Å². The summed E-state index contributed by atoms with van der Waals surface area (Å²) >= 11 is 1.76. The first-order valence-corrected chi connectivity index (χ1v) is 13.9. The number of amides is 1. The molecule has 2 N–H and O–H groups in total. The molecule has 1 aromatic rings. The third-order valence-electron chi connectivity index (χ3n) is 8.85. The number of nitrogens with one attached hydrogen (secondary N) is 2. The van der Waals surface area contributed by atoms with Crippen LogP contribution in [0.1, 0.15) is 81.2 Å². The zero-order valence-corrected chi connectivity index (χ0v) is 21.1. The highest BCUT2D eigenvalue weighted by Gasteiger charge is 2.49. The molecule has 1 aliphatic heterocycles. The molecule has 4 bridgehead atoms. The standard InChI is InChI=1S/C25H37N3O3S.ClH/c29-24(27-21-18-10-16-9-17(12-18)13-19(21)11-16)22-23(32-20-3-1-2-4-20)25(28-31-22)30-14-15-5-7-26-8-6-15;/h15-21,26H,1-14H2,(H,27,29);1H. The Morgan fingerprint density at radius 3 is 2.36 bits per heavy atom. The molecule has 6 nitrogen and oxygen atoms in total. The van der Waals surface area contributed by atoms with E-state index in [0.29, 0.717) is 47.3 Å². The van der Waals surface area contributed by atoms with Gasteiger partial charge in [-0.3, -0.25) is 4.79 Å². The van der Waals surface area contributed by atoms with Gasteiger partial charge in [0, 0.05) is 11.3 Å². The molecule has 1 amide bonds. The average Bonchev–Trinajstić information content (AvgIpc) is 3.45. The average molecular weight is 496 g/mol. The Kier molecular flexibility index (Phi) is 7.48. The van der Waals surface area contributed by atoms with Gasteiger partial charge < -0.3 is 19.9 Å². The van der Waals surface area contributed by atoms with Crippen molar-refractivity contribution in [2.75, 3.05) is 19.7 Å². The van der Waals surface area contributed by atoms with E-state index >= 15 is 0 Å². The molecule has 0 aromatic carbocycles. The van der Waals surface area contributed by atoms with E-state index in [0.717, 1.165) is 42.7 Å². The van der Waals surface area contributed by atoms with Crippen molar-refractivity contribution in [3.63, 3.8) is 0 Å². The smallest absolute Gasteiger partial charge is 0.291 e. The van der Waals surface area contributed by atoms with Gasteiger partial charge in [0.1, 0.15) is 4.90 Å². The largest absolute Gasteiger partial charge is 0.474 e. The molecule has 6 fully saturated rings. The summed E-state index contributed by atoms with van der Waals surface area (Å²) in [6, 6.07) is 0.309. The van der Waals surface area contributed by atoms with Crippen LogP contribution in [0.2, 0.25) is 0 Å². The Balaban J connectivity index is 0.00000228. The van der Waals surface area contributed by atoms with Gasteiger partial charge in [0.05, 0.1) is 6.61 Å². The maximum atomic E-state index is 13.4. The molecule has 6 aliphatic rings. The number of piperidine rings is 1. The molecule has 8 heteroatoms. The van der Waals surface area contributed by atoms with Crippen LogP contribution < -0.4 is 15.4 Å². The van der Waals surface area contributed by atoms with Crippen LogP contribution in [0.25, 0.3) is 0 Å². The normalized spacial score (nSPS) is 33.8. The Bertz CT molecular complexity index is 794. The van der Waals surface area contributed by atoms with Crippen LogP contribution in [0.4, 0.5) is 0 Å². The van der Waals surface area contributed by atoms with Crippen LogP contribution in [0, 0.1) is 29.6 Å². The van der Waals surface area contributed by atoms with E-state index in [-0.39, 0.29) is 18.3 Å². The Morgan fingerprint density at radius 2 is 1.70 bits per heavy atom. The lowest BCUT2D eigenvalue weighted by Crippen LogP contribution is -2.55. The SMILES string of the molecule is Cl.O=C(NC1C2CC3CC(C2)CC1C3)c1onc(OCC2CCNCC2)c1SC1CCCC1. The van der Waals surface area contributed by atoms with Gasteiger partial charge in [-0.2, -0.15) is 0 Å². The zero-order chi connectivity index (χ0) is 21.5. The molecule has 5 aliphatic carbocycles. The first-order valence-electron chi connectivity index (χ1n) is 13.0. The molecule has 33 heavy (non-hydrogen) atoms. The molecular formula is C25H38ClN3O3S. The third kappa shape index (κ3) is 5.06. The van der Waals surface area contributed by atoms with Crippen molar-refractivity contribution in [1.82, 2.24) is 15.8 Å². The second kappa shape index (κ2) is 10.4. The van der Waals surface area contributed by atoms with Crippen molar-refractivity contribution in [3.8, 4) is 5.88 Å². The minimum Gasteiger partial charge on any atom is -0.474 e. The number of thioether (sulfide) groups is 1. The molecule has 0 unspecified atom stereocenters. The predicted molar refractivity (Wildman–Crippen MR) is 131 cm³/mol. The summed E-state index contributed by atoms with van der Waals surface area (Å²) in [7, 11) is 0. The summed E-state index contributed by atoms with van der Waals surface area (Å²) in [5, 5.41) is 11.6. The topological polar surface area (TPSA) is 76.4 Å². The summed E-state index contributed by atoms with van der Waals surface area (Å²) in [5.74, 6) is 4.50. The molecule has 0 atom stereocenters. The van der Waals surface area contributed by atoms with Crippen LogP contribution in [-0.4, -0.2) is 42.1 Å². The minimum atomic E-state index is -0.0767. The van der Waals surface area contributed by atoms with Crippen molar-refractivity contribution in [2.45, 2.75) is 86.8 Å². The van der Waals surface area contributed by atoms with Gasteiger partial charge in [-0.25, -0.2) is 0 Å². The second-order valence-electron chi connectivity index (χ2n) is 11.1.